The van der Waals surface area contributed by atoms with E-state index in [0.717, 1.165) is 5.92 Å². The zero-order chi connectivity index (χ0) is 10.4. The summed E-state index contributed by atoms with van der Waals surface area (Å²) in [7, 11) is 2.07. The van der Waals surface area contributed by atoms with Gasteiger partial charge in [-0.1, -0.05) is 20.3 Å². The van der Waals surface area contributed by atoms with Crippen LogP contribution in [-0.2, 0) is 0 Å². The molecule has 14 heavy (non-hydrogen) atoms. The third-order valence-electron chi connectivity index (χ3n) is 3.57. The second-order valence-corrected chi connectivity index (χ2v) is 4.54. The van der Waals surface area contributed by atoms with E-state index in [1.807, 2.05) is 0 Å². The van der Waals surface area contributed by atoms with E-state index in [0.29, 0.717) is 6.04 Å². The second kappa shape index (κ2) is 6.41. The van der Waals surface area contributed by atoms with Crippen molar-refractivity contribution in [2.75, 3.05) is 26.7 Å². The van der Waals surface area contributed by atoms with Gasteiger partial charge in [0.05, 0.1) is 0 Å². The average Bonchev–Trinajstić information content (AvgIpc) is 2.16. The number of likely N-dealkylation sites (N-methyl/N-ethyl adjacent to an activating group) is 2. The minimum Gasteiger partial charge on any atom is -0.316 e. The molecule has 1 fully saturated rings. The summed E-state index contributed by atoms with van der Waals surface area (Å²) in [4.78, 5) is 2.61. The Morgan fingerprint density at radius 2 is 2.07 bits per heavy atom. The lowest BCUT2D eigenvalue weighted by atomic mass is 9.85. The molecule has 2 heteroatoms. The molecule has 0 aromatic rings. The lowest BCUT2D eigenvalue weighted by Gasteiger charge is -2.33. The van der Waals surface area contributed by atoms with E-state index in [1.54, 1.807) is 0 Å². The van der Waals surface area contributed by atoms with E-state index in [1.165, 1.54) is 45.3 Å². The van der Waals surface area contributed by atoms with Crippen LogP contribution in [0.3, 0.4) is 0 Å². The van der Waals surface area contributed by atoms with Crippen LogP contribution < -0.4 is 5.32 Å². The van der Waals surface area contributed by atoms with Gasteiger partial charge in [0.25, 0.3) is 0 Å². The van der Waals surface area contributed by atoms with Crippen molar-refractivity contribution in [2.45, 2.75) is 45.6 Å². The minimum atomic E-state index is 0.676. The normalized spacial score (nSPS) is 19.7. The van der Waals surface area contributed by atoms with Crippen molar-refractivity contribution in [1.82, 2.24) is 10.2 Å². The summed E-state index contributed by atoms with van der Waals surface area (Å²) in [5.74, 6) is 1.00. The summed E-state index contributed by atoms with van der Waals surface area (Å²) >= 11 is 0. The molecule has 0 amide bonds. The molecule has 1 rings (SSSR count). The van der Waals surface area contributed by atoms with Crippen LogP contribution >= 0.6 is 0 Å². The first-order valence-electron chi connectivity index (χ1n) is 6.19. The summed E-state index contributed by atoms with van der Waals surface area (Å²) in [6.07, 6.45) is 5.63. The lowest BCUT2D eigenvalue weighted by molar-refractivity contribution is 0.170. The van der Waals surface area contributed by atoms with Crippen molar-refractivity contribution in [3.8, 4) is 0 Å². The van der Waals surface area contributed by atoms with Crippen LogP contribution in [-0.4, -0.2) is 37.6 Å². The second-order valence-electron chi connectivity index (χ2n) is 4.54. The number of hydrogen-bond acceptors (Lipinski definition) is 2. The Morgan fingerprint density at radius 3 is 2.43 bits per heavy atom. The Bertz CT molecular complexity index is 139. The SMILES string of the molecule is CCC(CN(CC)CC1CCC1)NC. The van der Waals surface area contributed by atoms with E-state index in [9.17, 15) is 0 Å². The Hall–Kier alpha value is -0.0800. The molecule has 1 aliphatic rings. The Kier molecular flexibility index (Phi) is 5.49. The highest BCUT2D eigenvalue weighted by Crippen LogP contribution is 2.27. The molecule has 0 radical (unpaired) electrons. The fourth-order valence-corrected chi connectivity index (χ4v) is 2.11. The first kappa shape index (κ1) is 12.0. The number of nitrogens with zero attached hydrogens (tertiary/aromatic N) is 1. The van der Waals surface area contributed by atoms with Gasteiger partial charge in [-0.3, -0.25) is 0 Å². The maximum Gasteiger partial charge on any atom is 0.0189 e. The molecule has 0 aromatic heterocycles. The topological polar surface area (TPSA) is 15.3 Å². The summed E-state index contributed by atoms with van der Waals surface area (Å²) in [6, 6.07) is 0.676. The standard InChI is InChI=1S/C12H26N2/c1-4-12(13-3)10-14(5-2)9-11-7-6-8-11/h11-13H,4-10H2,1-3H3. The minimum absolute atomic E-state index is 0.676. The zero-order valence-corrected chi connectivity index (χ0v) is 10.1. The largest absolute Gasteiger partial charge is 0.316 e. The van der Waals surface area contributed by atoms with Crippen molar-refractivity contribution in [3.05, 3.63) is 0 Å². The van der Waals surface area contributed by atoms with Gasteiger partial charge in [-0.25, -0.2) is 0 Å². The van der Waals surface area contributed by atoms with Gasteiger partial charge >= 0.3 is 0 Å². The van der Waals surface area contributed by atoms with E-state index >= 15 is 0 Å². The maximum absolute atomic E-state index is 3.38. The molecule has 0 bridgehead atoms. The molecule has 1 atom stereocenters. The maximum atomic E-state index is 3.38. The van der Waals surface area contributed by atoms with Gasteiger partial charge in [0.1, 0.15) is 0 Å². The van der Waals surface area contributed by atoms with Crippen LogP contribution in [0.1, 0.15) is 39.5 Å². The zero-order valence-electron chi connectivity index (χ0n) is 10.1. The summed E-state index contributed by atoms with van der Waals surface area (Å²) in [5, 5.41) is 3.38. The number of hydrogen-bond donors (Lipinski definition) is 1. The first-order chi connectivity index (χ1) is 6.80. The van der Waals surface area contributed by atoms with Crippen molar-refractivity contribution in [3.63, 3.8) is 0 Å². The Labute approximate surface area is 89.1 Å². The molecular formula is C12H26N2. The fraction of sp³-hybridized carbons (Fsp3) is 1.00. The Balaban J connectivity index is 2.21. The van der Waals surface area contributed by atoms with Gasteiger partial charge < -0.3 is 10.2 Å². The van der Waals surface area contributed by atoms with Gasteiger partial charge in [-0.15, -0.1) is 0 Å². The van der Waals surface area contributed by atoms with Crippen molar-refractivity contribution in [2.24, 2.45) is 5.92 Å². The molecule has 0 heterocycles. The molecular weight excluding hydrogens is 172 g/mol. The molecule has 0 aliphatic heterocycles. The highest BCUT2D eigenvalue weighted by Gasteiger charge is 2.20. The van der Waals surface area contributed by atoms with E-state index in [-0.39, 0.29) is 0 Å². The molecule has 84 valence electrons. The Morgan fingerprint density at radius 1 is 1.36 bits per heavy atom. The van der Waals surface area contributed by atoms with Gasteiger partial charge in [0.15, 0.2) is 0 Å². The lowest BCUT2D eigenvalue weighted by Crippen LogP contribution is -2.42. The number of nitrogens with one attached hydrogen (secondary N) is 1. The van der Waals surface area contributed by atoms with E-state index < -0.39 is 0 Å². The van der Waals surface area contributed by atoms with Crippen LogP contribution in [0.25, 0.3) is 0 Å². The molecule has 1 unspecified atom stereocenters. The summed E-state index contributed by atoms with van der Waals surface area (Å²) < 4.78 is 0. The van der Waals surface area contributed by atoms with E-state index in [2.05, 4.69) is 31.1 Å². The predicted molar refractivity (Wildman–Crippen MR) is 62.6 cm³/mol. The van der Waals surface area contributed by atoms with Gasteiger partial charge in [0, 0.05) is 19.1 Å². The van der Waals surface area contributed by atoms with Crippen LogP contribution in [0.2, 0.25) is 0 Å². The summed E-state index contributed by atoms with van der Waals surface area (Å²) in [5.41, 5.74) is 0. The quantitative estimate of drug-likeness (QED) is 0.674. The fourth-order valence-electron chi connectivity index (χ4n) is 2.11. The molecule has 1 N–H and O–H groups in total. The molecule has 0 aromatic carbocycles. The smallest absolute Gasteiger partial charge is 0.0189 e. The third kappa shape index (κ3) is 3.58. The van der Waals surface area contributed by atoms with Crippen LogP contribution in [0, 0.1) is 5.92 Å². The summed E-state index contributed by atoms with van der Waals surface area (Å²) in [6.45, 7) is 8.29. The van der Waals surface area contributed by atoms with Crippen molar-refractivity contribution >= 4 is 0 Å². The average molecular weight is 198 g/mol. The van der Waals surface area contributed by atoms with Crippen LogP contribution in [0.5, 0.6) is 0 Å². The van der Waals surface area contributed by atoms with Gasteiger partial charge in [-0.2, -0.15) is 0 Å². The molecule has 1 aliphatic carbocycles. The molecule has 0 spiro atoms. The molecule has 0 saturated heterocycles. The highest BCUT2D eigenvalue weighted by molar-refractivity contribution is 4.76. The van der Waals surface area contributed by atoms with Gasteiger partial charge in [0.2, 0.25) is 0 Å². The van der Waals surface area contributed by atoms with Crippen molar-refractivity contribution < 1.29 is 0 Å². The molecule has 2 nitrogen and oxygen atoms in total. The van der Waals surface area contributed by atoms with Gasteiger partial charge in [-0.05, 0) is 38.8 Å². The van der Waals surface area contributed by atoms with Crippen molar-refractivity contribution in [1.29, 1.82) is 0 Å². The predicted octanol–water partition coefficient (Wildman–Crippen LogP) is 2.11. The molecule has 1 saturated carbocycles. The van der Waals surface area contributed by atoms with Crippen LogP contribution in [0.4, 0.5) is 0 Å². The first-order valence-corrected chi connectivity index (χ1v) is 6.19. The third-order valence-corrected chi connectivity index (χ3v) is 3.57. The van der Waals surface area contributed by atoms with E-state index in [4.69, 9.17) is 0 Å². The number of rotatable bonds is 7. The van der Waals surface area contributed by atoms with Crippen LogP contribution in [0.15, 0.2) is 0 Å². The monoisotopic (exact) mass is 198 g/mol. The highest BCUT2D eigenvalue weighted by atomic mass is 15.1.